The van der Waals surface area contributed by atoms with Crippen LogP contribution in [-0.2, 0) is 31.4 Å². The molecule has 1 aliphatic heterocycles. The number of carbonyl (C=O) groups excluding carboxylic acids is 1. The maximum Gasteiger partial charge on any atom is 0.274 e. The van der Waals surface area contributed by atoms with Gasteiger partial charge in [0.1, 0.15) is 0 Å². The molecule has 0 fully saturated rings. The summed E-state index contributed by atoms with van der Waals surface area (Å²) in [6.45, 7) is 1.66. The van der Waals surface area contributed by atoms with Gasteiger partial charge < -0.3 is 9.64 Å². The van der Waals surface area contributed by atoms with Crippen molar-refractivity contribution in [1.29, 1.82) is 0 Å². The second-order valence-electron chi connectivity index (χ2n) is 5.22. The van der Waals surface area contributed by atoms with Crippen LogP contribution in [0.2, 0.25) is 0 Å². The normalized spacial score (nSPS) is 13.8. The van der Waals surface area contributed by atoms with E-state index in [1.165, 1.54) is 0 Å². The van der Waals surface area contributed by atoms with Crippen molar-refractivity contribution >= 4 is 5.91 Å². The highest BCUT2D eigenvalue weighted by Gasteiger charge is 2.26. The van der Waals surface area contributed by atoms with Crippen molar-refractivity contribution in [3.8, 4) is 0 Å². The van der Waals surface area contributed by atoms with Gasteiger partial charge in [0.2, 0.25) is 0 Å². The standard InChI is InChI=1S/C15H18N4O2/c1-18(9-11-4-3-6-16-8-11)15(20)14-12-10-21-7-5-13(12)19(2)17-14/h3-4,6,8H,5,7,9-10H2,1-2H3. The highest BCUT2D eigenvalue weighted by molar-refractivity contribution is 5.93. The minimum Gasteiger partial charge on any atom is -0.376 e. The molecule has 0 saturated heterocycles. The molecule has 1 amide bonds. The molecule has 110 valence electrons. The Morgan fingerprint density at radius 2 is 2.38 bits per heavy atom. The molecule has 3 rings (SSSR count). The third kappa shape index (κ3) is 2.67. The molecular weight excluding hydrogens is 268 g/mol. The second kappa shape index (κ2) is 5.65. The number of fused-ring (bicyclic) bond motifs is 1. The lowest BCUT2D eigenvalue weighted by Gasteiger charge is -2.18. The van der Waals surface area contributed by atoms with E-state index in [1.807, 2.05) is 19.2 Å². The zero-order valence-corrected chi connectivity index (χ0v) is 12.2. The fraction of sp³-hybridized carbons (Fsp3) is 0.400. The van der Waals surface area contributed by atoms with Crippen molar-refractivity contribution in [3.63, 3.8) is 0 Å². The van der Waals surface area contributed by atoms with Crippen LogP contribution in [0.3, 0.4) is 0 Å². The number of aromatic nitrogens is 3. The van der Waals surface area contributed by atoms with Crippen molar-refractivity contribution in [3.05, 3.63) is 47.0 Å². The first-order chi connectivity index (χ1) is 10.2. The molecule has 0 unspecified atom stereocenters. The summed E-state index contributed by atoms with van der Waals surface area (Å²) in [5, 5.41) is 4.38. The number of hydrogen-bond donors (Lipinski definition) is 0. The van der Waals surface area contributed by atoms with Crippen LogP contribution in [-0.4, -0.2) is 39.2 Å². The Bertz CT molecular complexity index is 651. The van der Waals surface area contributed by atoms with Crippen molar-refractivity contribution in [1.82, 2.24) is 19.7 Å². The lowest BCUT2D eigenvalue weighted by atomic mass is 10.1. The molecule has 0 aromatic carbocycles. The van der Waals surface area contributed by atoms with Crippen LogP contribution in [0.15, 0.2) is 24.5 Å². The van der Waals surface area contributed by atoms with Crippen LogP contribution in [0.4, 0.5) is 0 Å². The van der Waals surface area contributed by atoms with E-state index in [0.717, 1.165) is 23.2 Å². The molecule has 0 bridgehead atoms. The summed E-state index contributed by atoms with van der Waals surface area (Å²) < 4.78 is 7.26. The number of carbonyl (C=O) groups is 1. The van der Waals surface area contributed by atoms with Crippen molar-refractivity contribution in [2.45, 2.75) is 19.6 Å². The lowest BCUT2D eigenvalue weighted by Crippen LogP contribution is -2.28. The quantitative estimate of drug-likeness (QED) is 0.849. The van der Waals surface area contributed by atoms with Crippen LogP contribution in [0.1, 0.15) is 27.3 Å². The minimum absolute atomic E-state index is 0.0822. The van der Waals surface area contributed by atoms with Gasteiger partial charge in [-0.2, -0.15) is 5.10 Å². The summed E-state index contributed by atoms with van der Waals surface area (Å²) in [5.41, 5.74) is 3.51. The first-order valence-corrected chi connectivity index (χ1v) is 6.93. The van der Waals surface area contributed by atoms with E-state index in [4.69, 9.17) is 4.74 Å². The van der Waals surface area contributed by atoms with Crippen LogP contribution in [0.25, 0.3) is 0 Å². The van der Waals surface area contributed by atoms with Gasteiger partial charge in [-0.3, -0.25) is 14.5 Å². The van der Waals surface area contributed by atoms with E-state index in [0.29, 0.717) is 25.5 Å². The molecule has 2 aromatic rings. The number of aryl methyl sites for hydroxylation is 1. The van der Waals surface area contributed by atoms with E-state index >= 15 is 0 Å². The topological polar surface area (TPSA) is 60.2 Å². The summed E-state index contributed by atoms with van der Waals surface area (Å²) >= 11 is 0. The Labute approximate surface area is 123 Å². The summed E-state index contributed by atoms with van der Waals surface area (Å²) in [7, 11) is 3.65. The van der Waals surface area contributed by atoms with E-state index in [2.05, 4.69) is 10.1 Å². The van der Waals surface area contributed by atoms with Crippen molar-refractivity contribution < 1.29 is 9.53 Å². The Morgan fingerprint density at radius 3 is 3.14 bits per heavy atom. The van der Waals surface area contributed by atoms with Gasteiger partial charge in [0.15, 0.2) is 5.69 Å². The molecule has 21 heavy (non-hydrogen) atoms. The predicted octanol–water partition coefficient (Wildman–Crippen LogP) is 1.16. The van der Waals surface area contributed by atoms with Gasteiger partial charge in [0.25, 0.3) is 5.91 Å². The van der Waals surface area contributed by atoms with Gasteiger partial charge >= 0.3 is 0 Å². The molecule has 0 radical (unpaired) electrons. The van der Waals surface area contributed by atoms with Crippen molar-refractivity contribution in [2.24, 2.45) is 7.05 Å². The smallest absolute Gasteiger partial charge is 0.274 e. The maximum absolute atomic E-state index is 12.6. The molecule has 2 aromatic heterocycles. The van der Waals surface area contributed by atoms with Crippen LogP contribution < -0.4 is 0 Å². The zero-order chi connectivity index (χ0) is 14.8. The van der Waals surface area contributed by atoms with Gasteiger partial charge in [-0.05, 0) is 11.6 Å². The van der Waals surface area contributed by atoms with Gasteiger partial charge in [-0.15, -0.1) is 0 Å². The third-order valence-electron chi connectivity index (χ3n) is 3.70. The van der Waals surface area contributed by atoms with E-state index in [1.54, 1.807) is 29.0 Å². The number of hydrogen-bond acceptors (Lipinski definition) is 4. The van der Waals surface area contributed by atoms with E-state index in [9.17, 15) is 4.79 Å². The number of rotatable bonds is 3. The van der Waals surface area contributed by atoms with Crippen molar-refractivity contribution in [2.75, 3.05) is 13.7 Å². The van der Waals surface area contributed by atoms with Crippen LogP contribution in [0.5, 0.6) is 0 Å². The molecule has 6 heteroatoms. The largest absolute Gasteiger partial charge is 0.376 e. The molecule has 3 heterocycles. The highest BCUT2D eigenvalue weighted by atomic mass is 16.5. The Kier molecular flexibility index (Phi) is 3.70. The molecular formula is C15H18N4O2. The van der Waals surface area contributed by atoms with Crippen LogP contribution >= 0.6 is 0 Å². The van der Waals surface area contributed by atoms with Gasteiger partial charge in [-0.1, -0.05) is 6.07 Å². The predicted molar refractivity (Wildman–Crippen MR) is 76.6 cm³/mol. The Morgan fingerprint density at radius 1 is 1.52 bits per heavy atom. The lowest BCUT2D eigenvalue weighted by molar-refractivity contribution is 0.0764. The number of ether oxygens (including phenoxy) is 1. The average Bonchev–Trinajstić information content (AvgIpc) is 2.85. The van der Waals surface area contributed by atoms with Gasteiger partial charge in [0.05, 0.1) is 13.2 Å². The molecule has 0 saturated carbocycles. The minimum atomic E-state index is -0.0822. The zero-order valence-electron chi connectivity index (χ0n) is 12.2. The first kappa shape index (κ1) is 13.8. The monoisotopic (exact) mass is 286 g/mol. The molecule has 0 aliphatic carbocycles. The van der Waals surface area contributed by atoms with E-state index in [-0.39, 0.29) is 5.91 Å². The average molecular weight is 286 g/mol. The molecule has 0 N–H and O–H groups in total. The molecule has 1 aliphatic rings. The van der Waals surface area contributed by atoms with Gasteiger partial charge in [-0.25, -0.2) is 0 Å². The fourth-order valence-electron chi connectivity index (χ4n) is 2.60. The summed E-state index contributed by atoms with van der Waals surface area (Å²) in [6.07, 6.45) is 4.29. The summed E-state index contributed by atoms with van der Waals surface area (Å²) in [5.74, 6) is -0.0822. The SMILES string of the molecule is CN(Cc1cccnc1)C(=O)c1nn(C)c2c1COCC2. The second-order valence-corrected chi connectivity index (χ2v) is 5.22. The van der Waals surface area contributed by atoms with Crippen LogP contribution in [0, 0.1) is 0 Å². The summed E-state index contributed by atoms with van der Waals surface area (Å²) in [4.78, 5) is 18.3. The molecule has 0 atom stereocenters. The van der Waals surface area contributed by atoms with E-state index < -0.39 is 0 Å². The Hall–Kier alpha value is -2.21. The third-order valence-corrected chi connectivity index (χ3v) is 3.70. The molecule has 0 spiro atoms. The van der Waals surface area contributed by atoms with Gasteiger partial charge in [0, 0.05) is 50.7 Å². The highest BCUT2D eigenvalue weighted by Crippen LogP contribution is 2.21. The first-order valence-electron chi connectivity index (χ1n) is 6.93. The Balaban J connectivity index is 1.82. The number of nitrogens with zero attached hydrogens (tertiary/aromatic N) is 4. The number of amides is 1. The summed E-state index contributed by atoms with van der Waals surface area (Å²) in [6, 6.07) is 3.82. The maximum atomic E-state index is 12.6. The molecule has 6 nitrogen and oxygen atoms in total. The number of pyridine rings is 1. The fourth-order valence-corrected chi connectivity index (χ4v) is 2.60.